The van der Waals surface area contributed by atoms with Gasteiger partial charge in [0, 0.05) is 0 Å². The third-order valence-corrected chi connectivity index (χ3v) is 2.05. The van der Waals surface area contributed by atoms with E-state index in [4.69, 9.17) is 5.11 Å². The maximum atomic E-state index is 11.0. The number of hydrogen-bond donors (Lipinski definition) is 1. The molecule has 0 aromatic rings. The van der Waals surface area contributed by atoms with Gasteiger partial charge in [0.15, 0.2) is 0 Å². The zero-order valence-electron chi connectivity index (χ0n) is 9.68. The van der Waals surface area contributed by atoms with Gasteiger partial charge in [0.25, 0.3) is 0 Å². The molecule has 1 unspecified atom stereocenters. The van der Waals surface area contributed by atoms with Crippen molar-refractivity contribution in [1.82, 2.24) is 0 Å². The van der Waals surface area contributed by atoms with Crippen LogP contribution in [0.4, 0.5) is 0 Å². The summed E-state index contributed by atoms with van der Waals surface area (Å²) in [4.78, 5) is 21.2. The van der Waals surface area contributed by atoms with Gasteiger partial charge in [-0.15, -0.1) is 0 Å². The summed E-state index contributed by atoms with van der Waals surface area (Å²) < 4.78 is 4.59. The van der Waals surface area contributed by atoms with Crippen molar-refractivity contribution < 1.29 is 19.4 Å². The molecular formula is C12H18O4. The lowest BCUT2D eigenvalue weighted by Gasteiger charge is -2.05. The fraction of sp³-hybridized carbons (Fsp3) is 0.500. The van der Waals surface area contributed by atoms with E-state index in [1.54, 1.807) is 18.2 Å². The van der Waals surface area contributed by atoms with Crippen LogP contribution in [0.2, 0.25) is 0 Å². The van der Waals surface area contributed by atoms with Crippen LogP contribution in [0.3, 0.4) is 0 Å². The second kappa shape index (κ2) is 8.71. The molecule has 1 N–H and O–H groups in total. The number of methoxy groups -OCH3 is 1. The highest BCUT2D eigenvalue weighted by atomic mass is 16.5. The van der Waals surface area contributed by atoms with Gasteiger partial charge in [-0.25, -0.2) is 0 Å². The van der Waals surface area contributed by atoms with E-state index in [0.717, 1.165) is 12.8 Å². The van der Waals surface area contributed by atoms with Crippen molar-refractivity contribution in [2.75, 3.05) is 7.11 Å². The largest absolute Gasteiger partial charge is 0.481 e. The normalized spacial score (nSPS) is 13.1. The van der Waals surface area contributed by atoms with Crippen molar-refractivity contribution in [2.24, 2.45) is 5.92 Å². The van der Waals surface area contributed by atoms with E-state index in [1.165, 1.54) is 7.11 Å². The minimum absolute atomic E-state index is 0.0307. The zero-order valence-corrected chi connectivity index (χ0v) is 9.68. The minimum Gasteiger partial charge on any atom is -0.481 e. The quantitative estimate of drug-likeness (QED) is 0.533. The first-order chi connectivity index (χ1) is 7.57. The number of ether oxygens (including phenoxy) is 1. The van der Waals surface area contributed by atoms with Gasteiger partial charge < -0.3 is 9.84 Å². The average molecular weight is 226 g/mol. The van der Waals surface area contributed by atoms with Crippen LogP contribution >= 0.6 is 0 Å². The molecule has 90 valence electrons. The fourth-order valence-corrected chi connectivity index (χ4v) is 1.09. The van der Waals surface area contributed by atoms with Crippen molar-refractivity contribution in [3.05, 3.63) is 24.3 Å². The molecule has 0 amide bonds. The second-order valence-corrected chi connectivity index (χ2v) is 3.46. The lowest BCUT2D eigenvalue weighted by Crippen LogP contribution is -2.11. The smallest absolute Gasteiger partial charge is 0.308 e. The average Bonchev–Trinajstić information content (AvgIpc) is 2.25. The molecule has 0 aromatic heterocycles. The highest BCUT2D eigenvalue weighted by molar-refractivity contribution is 5.71. The Balaban J connectivity index is 3.65. The summed E-state index contributed by atoms with van der Waals surface area (Å²) in [6, 6.07) is 0. The van der Waals surface area contributed by atoms with Crippen molar-refractivity contribution in [3.63, 3.8) is 0 Å². The van der Waals surface area contributed by atoms with Crippen LogP contribution in [0.5, 0.6) is 0 Å². The summed E-state index contributed by atoms with van der Waals surface area (Å²) in [5.74, 6) is -1.14. The first kappa shape index (κ1) is 14.4. The van der Waals surface area contributed by atoms with Crippen LogP contribution in [-0.4, -0.2) is 24.2 Å². The van der Waals surface area contributed by atoms with Gasteiger partial charge in [0.1, 0.15) is 0 Å². The molecule has 0 fully saturated rings. The monoisotopic (exact) mass is 226 g/mol. The Morgan fingerprint density at radius 1 is 1.31 bits per heavy atom. The number of esters is 1. The molecule has 1 atom stereocenters. The van der Waals surface area contributed by atoms with Gasteiger partial charge >= 0.3 is 11.9 Å². The molecule has 0 saturated heterocycles. The van der Waals surface area contributed by atoms with Gasteiger partial charge in [-0.2, -0.15) is 0 Å². The molecule has 0 aliphatic rings. The zero-order chi connectivity index (χ0) is 12.4. The fourth-order valence-electron chi connectivity index (χ4n) is 1.09. The molecule has 4 heteroatoms. The Hall–Kier alpha value is -1.58. The second-order valence-electron chi connectivity index (χ2n) is 3.46. The highest BCUT2D eigenvalue weighted by Crippen LogP contribution is 2.07. The number of hydrogen-bond acceptors (Lipinski definition) is 3. The molecule has 0 spiro atoms. The lowest BCUT2D eigenvalue weighted by molar-refractivity contribution is -0.145. The molecule has 0 rings (SSSR count). The van der Waals surface area contributed by atoms with Crippen LogP contribution in [0.25, 0.3) is 0 Å². The highest BCUT2D eigenvalue weighted by Gasteiger charge is 2.10. The van der Waals surface area contributed by atoms with E-state index in [-0.39, 0.29) is 18.3 Å². The number of carboxylic acid groups (broad SMARTS) is 1. The maximum Gasteiger partial charge on any atom is 0.308 e. The van der Waals surface area contributed by atoms with Crippen LogP contribution in [0, 0.1) is 5.92 Å². The number of aliphatic carboxylic acids is 1. The van der Waals surface area contributed by atoms with Crippen LogP contribution < -0.4 is 0 Å². The summed E-state index contributed by atoms with van der Waals surface area (Å²) in [5, 5.41) is 8.35. The van der Waals surface area contributed by atoms with E-state index < -0.39 is 5.97 Å². The van der Waals surface area contributed by atoms with Gasteiger partial charge in [0.05, 0.1) is 19.4 Å². The van der Waals surface area contributed by atoms with Crippen molar-refractivity contribution in [2.45, 2.75) is 26.2 Å². The predicted molar refractivity (Wildman–Crippen MR) is 60.9 cm³/mol. The standard InChI is InChI=1S/C12H18O4/c1-10(12(15)16-2)8-6-4-3-5-7-9-11(13)14/h3-5,7,10H,6,8-9H2,1-2H3,(H,13,14). The Bertz CT molecular complexity index is 279. The third kappa shape index (κ3) is 7.79. The Morgan fingerprint density at radius 3 is 2.50 bits per heavy atom. The summed E-state index contributed by atoms with van der Waals surface area (Å²) in [6.45, 7) is 1.82. The summed E-state index contributed by atoms with van der Waals surface area (Å²) in [6.07, 6.45) is 8.48. The van der Waals surface area contributed by atoms with E-state index in [0.29, 0.717) is 0 Å². The molecule has 0 aliphatic carbocycles. The number of carbonyl (C=O) groups excluding carboxylic acids is 1. The molecule has 0 radical (unpaired) electrons. The molecular weight excluding hydrogens is 208 g/mol. The first-order valence-electron chi connectivity index (χ1n) is 5.19. The van der Waals surface area contributed by atoms with Crippen LogP contribution in [0.15, 0.2) is 24.3 Å². The van der Waals surface area contributed by atoms with Crippen molar-refractivity contribution in [1.29, 1.82) is 0 Å². The topological polar surface area (TPSA) is 63.6 Å². The molecule has 0 saturated carbocycles. The summed E-state index contributed by atoms with van der Waals surface area (Å²) in [7, 11) is 1.38. The summed E-state index contributed by atoms with van der Waals surface area (Å²) in [5.41, 5.74) is 0. The predicted octanol–water partition coefficient (Wildman–Crippen LogP) is 2.16. The third-order valence-electron chi connectivity index (χ3n) is 2.05. The van der Waals surface area contributed by atoms with Gasteiger partial charge in [0.2, 0.25) is 0 Å². The Labute approximate surface area is 95.6 Å². The van der Waals surface area contributed by atoms with Gasteiger partial charge in [-0.1, -0.05) is 31.2 Å². The maximum absolute atomic E-state index is 11.0. The van der Waals surface area contributed by atoms with E-state index in [1.807, 2.05) is 13.0 Å². The van der Waals surface area contributed by atoms with Crippen LogP contribution in [0.1, 0.15) is 26.2 Å². The van der Waals surface area contributed by atoms with Crippen molar-refractivity contribution in [3.8, 4) is 0 Å². The van der Waals surface area contributed by atoms with Crippen molar-refractivity contribution >= 4 is 11.9 Å². The number of carbonyl (C=O) groups is 2. The summed E-state index contributed by atoms with van der Waals surface area (Å²) >= 11 is 0. The molecule has 4 nitrogen and oxygen atoms in total. The minimum atomic E-state index is -0.844. The Kier molecular flexibility index (Phi) is 7.85. The first-order valence-corrected chi connectivity index (χ1v) is 5.19. The van der Waals surface area contributed by atoms with E-state index >= 15 is 0 Å². The van der Waals surface area contributed by atoms with Gasteiger partial charge in [-0.3, -0.25) is 9.59 Å². The van der Waals surface area contributed by atoms with E-state index in [2.05, 4.69) is 4.74 Å². The molecule has 0 bridgehead atoms. The van der Waals surface area contributed by atoms with Crippen LogP contribution in [-0.2, 0) is 14.3 Å². The SMILES string of the molecule is COC(=O)C(C)CCC=CC=CCC(=O)O. The number of allylic oxidation sites excluding steroid dienone is 3. The lowest BCUT2D eigenvalue weighted by atomic mass is 10.1. The Morgan fingerprint density at radius 2 is 1.94 bits per heavy atom. The molecule has 0 aromatic carbocycles. The van der Waals surface area contributed by atoms with Gasteiger partial charge in [-0.05, 0) is 12.8 Å². The molecule has 0 aliphatic heterocycles. The molecule has 0 heterocycles. The van der Waals surface area contributed by atoms with E-state index in [9.17, 15) is 9.59 Å². The number of carboxylic acids is 1. The molecule has 16 heavy (non-hydrogen) atoms. The number of rotatable bonds is 7.